The second kappa shape index (κ2) is 34.7. The van der Waals surface area contributed by atoms with Crippen molar-refractivity contribution in [3.8, 4) is 89.5 Å². The van der Waals surface area contributed by atoms with Crippen LogP contribution in [0.4, 0.5) is 17.6 Å². The molecule has 0 aliphatic rings. The van der Waals surface area contributed by atoms with Gasteiger partial charge in [0, 0.05) is 150 Å². The van der Waals surface area contributed by atoms with E-state index in [0.717, 1.165) is 151 Å². The molecule has 0 aliphatic heterocycles. The van der Waals surface area contributed by atoms with Gasteiger partial charge in [0.05, 0.1) is 27.8 Å². The molecule has 0 spiro atoms. The van der Waals surface area contributed by atoms with Crippen molar-refractivity contribution >= 4 is 88.3 Å². The summed E-state index contributed by atoms with van der Waals surface area (Å²) in [5, 5.41) is 6.60. The van der Waals surface area contributed by atoms with Crippen LogP contribution in [0.1, 0.15) is 150 Å². The van der Waals surface area contributed by atoms with Crippen molar-refractivity contribution in [2.24, 2.45) is 28.2 Å². The maximum Gasteiger partial charge on any atom is 0.227 e. The molecule has 20 aromatic rings. The molecule has 125 heavy (non-hydrogen) atoms. The summed E-state index contributed by atoms with van der Waals surface area (Å²) in [6.07, 6.45) is 7.82. The number of pyridine rings is 8. The van der Waals surface area contributed by atoms with Gasteiger partial charge in [-0.1, -0.05) is 172 Å². The molecule has 0 radical (unpaired) electrons. The summed E-state index contributed by atoms with van der Waals surface area (Å²) in [7, 11) is 7.76. The molecular formula is C109H100F4N8O4+4. The molecule has 624 valence electrons. The zero-order valence-corrected chi connectivity index (χ0v) is 70.3. The van der Waals surface area contributed by atoms with Gasteiger partial charge < -0.3 is 17.7 Å². The molecule has 20 rings (SSSR count). The molecule has 0 N–H and O–H groups in total. The number of benzene rings is 8. The largest absolute Gasteiger partial charge is 0.437 e. The molecule has 0 aliphatic carbocycles. The quantitative estimate of drug-likeness (QED) is 0.0876. The molecule has 0 unspecified atom stereocenters. The normalized spacial score (nSPS) is 13.8. The van der Waals surface area contributed by atoms with E-state index in [1.165, 1.54) is 36.4 Å². The minimum Gasteiger partial charge on any atom is -0.437 e. The van der Waals surface area contributed by atoms with Gasteiger partial charge in [-0.05, 0) is 181 Å². The van der Waals surface area contributed by atoms with Crippen molar-refractivity contribution in [2.45, 2.75) is 114 Å². The Labute approximate surface area is 744 Å². The predicted octanol–water partition coefficient (Wildman–Crippen LogP) is 27.5. The standard InChI is InChI=1S/2C27H23F2N2O.2C27H25N2O.CH4/c1-15(2)23-10-9-21-20-7-5-16(3)25(26(20)32-27(21)30-23)24-13-17(11-12-31(24)4)19-8-6-18(28)14-22(19)29;1-15(2)23-12-11-21-20-9-7-16(3)24(26(20)32-27(21)30-23)25-19(6-5-13-31(25)4)18-10-8-17(28)14-22(18)29;1-17(2)23-14-13-22-21-12-10-18(3)25(26(21)30-27(22)28-23)24-15-11-20(16-29(24)4)19-8-6-5-7-9-19;1-17(2)23-13-12-22-21-11-10-18(3)25(26(21)30-27(22)28-23)24-16-20(14-15-29(24)4)19-8-6-5-7-9-19;/h2*5-15H,1-4H3;2*5-17H,1-4H3;1H4/q4*+1;/i;;2*1D3,2D3,17D;. The van der Waals surface area contributed by atoms with E-state index in [9.17, 15) is 17.6 Å². The van der Waals surface area contributed by atoms with Crippen molar-refractivity contribution < 1.29 is 72.7 Å². The van der Waals surface area contributed by atoms with Crippen LogP contribution in [0.3, 0.4) is 0 Å². The third-order valence-electron chi connectivity index (χ3n) is 22.9. The molecule has 16 heteroatoms. The molecule has 12 aromatic heterocycles. The van der Waals surface area contributed by atoms with E-state index >= 15 is 0 Å². The number of aryl methyl sites for hydroxylation is 8. The second-order valence-electron chi connectivity index (χ2n) is 31.9. The number of fused-ring (bicyclic) bond motifs is 12. The Bertz CT molecular complexity index is 8170. The predicted molar refractivity (Wildman–Crippen MR) is 496 cm³/mol. The van der Waals surface area contributed by atoms with Crippen LogP contribution in [0.25, 0.3) is 178 Å². The molecule has 0 fully saturated rings. The summed E-state index contributed by atoms with van der Waals surface area (Å²) >= 11 is 0. The Morgan fingerprint density at radius 3 is 1.11 bits per heavy atom. The molecule has 0 saturated heterocycles. The minimum atomic E-state index is -3.13. The lowest BCUT2D eigenvalue weighted by Gasteiger charge is -2.11. The fourth-order valence-electron chi connectivity index (χ4n) is 16.3. The van der Waals surface area contributed by atoms with Crippen LogP contribution in [0.5, 0.6) is 0 Å². The average Bonchev–Trinajstić information content (AvgIpc) is 1.66. The van der Waals surface area contributed by atoms with E-state index in [0.29, 0.717) is 67.1 Å². The summed E-state index contributed by atoms with van der Waals surface area (Å²) in [5.74, 6) is -7.60. The summed E-state index contributed by atoms with van der Waals surface area (Å²) < 4.78 is 200. The maximum absolute atomic E-state index is 14.8. The topological polar surface area (TPSA) is 120 Å². The van der Waals surface area contributed by atoms with Crippen LogP contribution in [0.15, 0.2) is 285 Å². The zero-order valence-electron chi connectivity index (χ0n) is 84.3. The molecule has 0 atom stereocenters. The Kier molecular flexibility index (Phi) is 19.0. The number of hydrogen-bond acceptors (Lipinski definition) is 8. The number of hydrogen-bond donors (Lipinski definition) is 0. The highest BCUT2D eigenvalue weighted by Crippen LogP contribution is 2.45. The van der Waals surface area contributed by atoms with Gasteiger partial charge in [0.1, 0.15) is 51.5 Å². The summed E-state index contributed by atoms with van der Waals surface area (Å²) in [6, 6.07) is 73.0. The van der Waals surface area contributed by atoms with Gasteiger partial charge in [-0.2, -0.15) is 0 Å². The van der Waals surface area contributed by atoms with Crippen LogP contribution in [0.2, 0.25) is 0 Å². The van der Waals surface area contributed by atoms with E-state index in [1.54, 1.807) is 12.1 Å². The first-order chi connectivity index (χ1) is 65.3. The van der Waals surface area contributed by atoms with E-state index in [-0.39, 0.29) is 36.2 Å². The number of nitrogens with zero attached hydrogens (tertiary/aromatic N) is 8. The Morgan fingerprint density at radius 2 is 0.688 bits per heavy atom. The first kappa shape index (κ1) is 68.4. The molecular weight excluding hydrogens is 1560 g/mol. The smallest absolute Gasteiger partial charge is 0.227 e. The lowest BCUT2D eigenvalue weighted by molar-refractivity contribution is -0.660. The van der Waals surface area contributed by atoms with E-state index in [2.05, 4.69) is 61.9 Å². The van der Waals surface area contributed by atoms with Crippen molar-refractivity contribution in [1.29, 1.82) is 0 Å². The van der Waals surface area contributed by atoms with Crippen LogP contribution in [0, 0.1) is 51.0 Å². The van der Waals surface area contributed by atoms with E-state index in [1.807, 2.05) is 257 Å². The average molecular weight is 1680 g/mol. The first-order valence-electron chi connectivity index (χ1n) is 47.7. The van der Waals surface area contributed by atoms with Crippen molar-refractivity contribution in [3.05, 3.63) is 336 Å². The summed E-state index contributed by atoms with van der Waals surface area (Å²) in [6.45, 7) is 3.89. The number of halogens is 4. The van der Waals surface area contributed by atoms with Crippen molar-refractivity contribution in [3.63, 3.8) is 0 Å². The van der Waals surface area contributed by atoms with Crippen molar-refractivity contribution in [1.82, 2.24) is 19.9 Å². The second-order valence-corrected chi connectivity index (χ2v) is 31.9. The third kappa shape index (κ3) is 16.2. The lowest BCUT2D eigenvalue weighted by atomic mass is 9.94. The number of rotatable bonds is 12. The number of furan rings is 4. The van der Waals surface area contributed by atoms with Crippen LogP contribution in [-0.4, -0.2) is 19.9 Å². The van der Waals surface area contributed by atoms with Gasteiger partial charge in [0.15, 0.2) is 47.1 Å². The minimum absolute atomic E-state index is 0. The van der Waals surface area contributed by atoms with Gasteiger partial charge in [-0.25, -0.2) is 55.8 Å². The van der Waals surface area contributed by atoms with Gasteiger partial charge in [-0.3, -0.25) is 0 Å². The monoisotopic (exact) mass is 1670 g/mol. The van der Waals surface area contributed by atoms with Gasteiger partial charge in [0.25, 0.3) is 0 Å². The zero-order chi connectivity index (χ0) is 98.6. The van der Waals surface area contributed by atoms with E-state index < -0.39 is 62.5 Å². The summed E-state index contributed by atoms with van der Waals surface area (Å²) in [5.41, 5.74) is 22.4. The first-order valence-corrected chi connectivity index (χ1v) is 40.7. The lowest BCUT2D eigenvalue weighted by Crippen LogP contribution is -2.31. The Balaban J connectivity index is 0.000000134. The molecule has 0 saturated carbocycles. The van der Waals surface area contributed by atoms with Crippen LogP contribution < -0.4 is 18.3 Å². The highest BCUT2D eigenvalue weighted by molar-refractivity contribution is 6.13. The molecule has 8 aromatic carbocycles. The maximum atomic E-state index is 14.8. The van der Waals surface area contributed by atoms with Gasteiger partial charge in [-0.15, -0.1) is 0 Å². The fourth-order valence-corrected chi connectivity index (χ4v) is 16.3. The van der Waals surface area contributed by atoms with E-state index in [4.69, 9.17) is 46.8 Å². The fraction of sp³-hybridized carbons (Fsp3) is 0.193. The molecule has 12 nitrogen and oxygen atoms in total. The highest BCUT2D eigenvalue weighted by atomic mass is 19.1. The highest BCUT2D eigenvalue weighted by Gasteiger charge is 2.30. The van der Waals surface area contributed by atoms with Gasteiger partial charge in [0.2, 0.25) is 45.6 Å². The molecule has 0 bridgehead atoms. The Morgan fingerprint density at radius 1 is 0.312 bits per heavy atom. The third-order valence-corrected chi connectivity index (χ3v) is 22.9. The number of aromatic nitrogens is 8. The molecule has 0 amide bonds. The van der Waals surface area contributed by atoms with Gasteiger partial charge >= 0.3 is 0 Å². The van der Waals surface area contributed by atoms with Crippen LogP contribution in [-0.2, 0) is 28.2 Å². The SMILES string of the molecule is C.Cc1ccc2c(oc3nc(C(C)C)ccc32)c1-c1c(-c2ccc(F)cc2F)ccc[n+]1C.Cc1ccc2c(oc3nc(C(C)C)ccc32)c1-c1cc(-c2ccc(F)cc2F)cc[n+]1C.[2H]C([2H])([2H])C([2H])(c1ccc2c(n1)oc1c(-c3cc(-c4ccccc4)cc[n+]3C)c(C)ccc12)C([2H])([2H])[2H].[2H]C([2H])([2H])C([2H])(c1ccc2c(n1)oc1c(-c3ccc(-c4ccccc4)c[n+]3C)c(C)ccc12)C([2H])([2H])[2H]. The van der Waals surface area contributed by atoms with Crippen LogP contribution >= 0.6 is 0 Å². The molecule has 12 heterocycles. The summed E-state index contributed by atoms with van der Waals surface area (Å²) in [4.78, 5) is 18.0. The van der Waals surface area contributed by atoms with Crippen molar-refractivity contribution in [2.75, 3.05) is 0 Å². The Hall–Kier alpha value is -14.1.